The maximum atomic E-state index is 13.0. The largest absolute Gasteiger partial charge is 0.490 e. The number of carbonyl (C=O) groups excluding carboxylic acids is 1. The van der Waals surface area contributed by atoms with Gasteiger partial charge in [0.15, 0.2) is 0 Å². The summed E-state index contributed by atoms with van der Waals surface area (Å²) in [6, 6.07) is 7.60. The number of piperidine rings is 1. The quantitative estimate of drug-likeness (QED) is 0.832. The van der Waals surface area contributed by atoms with Gasteiger partial charge in [0.25, 0.3) is 5.91 Å². The van der Waals surface area contributed by atoms with Crippen molar-refractivity contribution < 1.29 is 19.4 Å². The highest BCUT2D eigenvalue weighted by atomic mass is 16.5. The molecule has 0 spiro atoms. The number of nitrogens with zero attached hydrogens (tertiary/aromatic N) is 3. The molecule has 0 radical (unpaired) electrons. The maximum Gasteiger partial charge on any atom is 0.339 e. The molecule has 29 heavy (non-hydrogen) atoms. The van der Waals surface area contributed by atoms with E-state index in [0.29, 0.717) is 24.3 Å². The minimum absolute atomic E-state index is 0.0173. The molecule has 1 amide bonds. The SMILES string of the molecule is Cc1c(C(=O)O)cnn1C1CCN(C(=O)c2cccc(OC3CCCC3)c2)CC1. The van der Waals surface area contributed by atoms with E-state index in [1.807, 2.05) is 29.2 Å². The van der Waals surface area contributed by atoms with Gasteiger partial charge in [-0.1, -0.05) is 6.07 Å². The van der Waals surface area contributed by atoms with Gasteiger partial charge in [-0.15, -0.1) is 0 Å². The van der Waals surface area contributed by atoms with Gasteiger partial charge in [0, 0.05) is 18.7 Å². The molecule has 4 rings (SSSR count). The number of hydrogen-bond donors (Lipinski definition) is 1. The van der Waals surface area contributed by atoms with E-state index in [0.717, 1.165) is 31.4 Å². The molecule has 1 saturated heterocycles. The van der Waals surface area contributed by atoms with Crippen molar-refractivity contribution in [3.63, 3.8) is 0 Å². The lowest BCUT2D eigenvalue weighted by Crippen LogP contribution is -2.39. The molecule has 2 aliphatic rings. The molecule has 0 bridgehead atoms. The molecule has 1 N–H and O–H groups in total. The van der Waals surface area contributed by atoms with Gasteiger partial charge in [-0.2, -0.15) is 5.10 Å². The van der Waals surface area contributed by atoms with Gasteiger partial charge >= 0.3 is 5.97 Å². The second-order valence-electron chi connectivity index (χ2n) is 7.97. The molecule has 1 aromatic carbocycles. The number of carbonyl (C=O) groups is 2. The average molecular weight is 397 g/mol. The van der Waals surface area contributed by atoms with Gasteiger partial charge in [0.1, 0.15) is 11.3 Å². The zero-order chi connectivity index (χ0) is 20.4. The van der Waals surface area contributed by atoms with Crippen LogP contribution >= 0.6 is 0 Å². The summed E-state index contributed by atoms with van der Waals surface area (Å²) in [6.07, 6.45) is 7.78. The van der Waals surface area contributed by atoms with Crippen LogP contribution in [0.4, 0.5) is 0 Å². The number of likely N-dealkylation sites (tertiary alicyclic amines) is 1. The minimum atomic E-state index is -0.957. The number of hydrogen-bond acceptors (Lipinski definition) is 4. The van der Waals surface area contributed by atoms with Crippen LogP contribution in [0.25, 0.3) is 0 Å². The van der Waals surface area contributed by atoms with Crippen LogP contribution in [0.2, 0.25) is 0 Å². The third-order valence-corrected chi connectivity index (χ3v) is 6.06. The number of ether oxygens (including phenoxy) is 1. The first kappa shape index (κ1) is 19.5. The van der Waals surface area contributed by atoms with Crippen LogP contribution in [0.5, 0.6) is 5.75 Å². The van der Waals surface area contributed by atoms with Gasteiger partial charge in [0.2, 0.25) is 0 Å². The molecular weight excluding hydrogens is 370 g/mol. The zero-order valence-electron chi connectivity index (χ0n) is 16.7. The summed E-state index contributed by atoms with van der Waals surface area (Å²) in [7, 11) is 0. The Bertz CT molecular complexity index is 893. The van der Waals surface area contributed by atoms with E-state index >= 15 is 0 Å². The van der Waals surface area contributed by atoms with Gasteiger partial charge in [-0.05, 0) is 63.6 Å². The van der Waals surface area contributed by atoms with Crippen molar-refractivity contribution in [1.82, 2.24) is 14.7 Å². The molecule has 7 heteroatoms. The summed E-state index contributed by atoms with van der Waals surface area (Å²) in [6.45, 7) is 3.03. The smallest absolute Gasteiger partial charge is 0.339 e. The normalized spacial score (nSPS) is 18.2. The van der Waals surface area contributed by atoms with Crippen molar-refractivity contribution in [3.8, 4) is 5.75 Å². The van der Waals surface area contributed by atoms with Gasteiger partial charge < -0.3 is 14.7 Å². The molecule has 2 heterocycles. The molecule has 154 valence electrons. The molecule has 1 aliphatic carbocycles. The number of aromatic nitrogens is 2. The Morgan fingerprint density at radius 2 is 1.86 bits per heavy atom. The first-order chi connectivity index (χ1) is 14.0. The number of benzene rings is 1. The second-order valence-corrected chi connectivity index (χ2v) is 7.97. The molecule has 7 nitrogen and oxygen atoms in total. The first-order valence-corrected chi connectivity index (χ1v) is 10.4. The van der Waals surface area contributed by atoms with Crippen LogP contribution in [0.1, 0.15) is 71.0 Å². The lowest BCUT2D eigenvalue weighted by Gasteiger charge is -2.32. The van der Waals surface area contributed by atoms with Crippen LogP contribution in [0.3, 0.4) is 0 Å². The van der Waals surface area contributed by atoms with E-state index in [1.54, 1.807) is 11.6 Å². The highest BCUT2D eigenvalue weighted by Crippen LogP contribution is 2.27. The van der Waals surface area contributed by atoms with Gasteiger partial charge in [-0.3, -0.25) is 9.48 Å². The summed E-state index contributed by atoms with van der Waals surface area (Å²) >= 11 is 0. The Morgan fingerprint density at radius 3 is 2.52 bits per heavy atom. The van der Waals surface area contributed by atoms with Crippen LogP contribution in [-0.2, 0) is 0 Å². The Labute approximate surface area is 170 Å². The molecule has 1 saturated carbocycles. The molecule has 0 unspecified atom stereocenters. The van der Waals surface area contributed by atoms with Crippen molar-refractivity contribution >= 4 is 11.9 Å². The standard InChI is InChI=1S/C22H27N3O4/c1-15-20(22(27)28)14-23-25(15)17-9-11-24(12-10-17)21(26)16-5-4-8-19(13-16)29-18-6-2-3-7-18/h4-5,8,13-14,17-18H,2-3,6-7,9-12H2,1H3,(H,27,28). The van der Waals surface area contributed by atoms with E-state index in [1.165, 1.54) is 19.0 Å². The van der Waals surface area contributed by atoms with E-state index in [4.69, 9.17) is 4.74 Å². The van der Waals surface area contributed by atoms with Crippen molar-refractivity contribution in [2.75, 3.05) is 13.1 Å². The third-order valence-electron chi connectivity index (χ3n) is 6.06. The summed E-state index contributed by atoms with van der Waals surface area (Å²) in [4.78, 5) is 26.1. The van der Waals surface area contributed by atoms with Crippen molar-refractivity contribution in [1.29, 1.82) is 0 Å². The number of carboxylic acids is 1. The average Bonchev–Trinajstić information content (AvgIpc) is 3.37. The molecule has 2 fully saturated rings. The summed E-state index contributed by atoms with van der Waals surface area (Å²) in [5.74, 6) is -0.171. The van der Waals surface area contributed by atoms with E-state index in [9.17, 15) is 14.7 Å². The Kier molecular flexibility index (Phi) is 5.56. The van der Waals surface area contributed by atoms with E-state index in [2.05, 4.69) is 5.10 Å². The van der Waals surface area contributed by atoms with Crippen molar-refractivity contribution in [2.45, 2.75) is 57.6 Å². The maximum absolute atomic E-state index is 13.0. The van der Waals surface area contributed by atoms with E-state index < -0.39 is 5.97 Å². The van der Waals surface area contributed by atoms with Crippen LogP contribution in [0.15, 0.2) is 30.5 Å². The van der Waals surface area contributed by atoms with Crippen molar-refractivity contribution in [2.24, 2.45) is 0 Å². The predicted octanol–water partition coefficient (Wildman–Crippen LogP) is 3.69. The second kappa shape index (κ2) is 8.27. The molecule has 0 atom stereocenters. The van der Waals surface area contributed by atoms with Crippen LogP contribution in [0, 0.1) is 6.92 Å². The lowest BCUT2D eigenvalue weighted by molar-refractivity contribution is 0.0687. The number of carboxylic acid groups (broad SMARTS) is 1. The summed E-state index contributed by atoms with van der Waals surface area (Å²) in [5, 5.41) is 13.5. The van der Waals surface area contributed by atoms with Crippen LogP contribution in [-0.4, -0.2) is 50.9 Å². The Balaban J connectivity index is 1.38. The summed E-state index contributed by atoms with van der Waals surface area (Å²) in [5.41, 5.74) is 1.56. The Morgan fingerprint density at radius 1 is 1.14 bits per heavy atom. The molecular formula is C22H27N3O4. The first-order valence-electron chi connectivity index (χ1n) is 10.4. The fourth-order valence-electron chi connectivity index (χ4n) is 4.40. The highest BCUT2D eigenvalue weighted by Gasteiger charge is 2.27. The molecule has 1 aliphatic heterocycles. The third kappa shape index (κ3) is 4.13. The fraction of sp³-hybridized carbons (Fsp3) is 0.500. The van der Waals surface area contributed by atoms with Crippen molar-refractivity contribution in [3.05, 3.63) is 47.3 Å². The molecule has 1 aromatic heterocycles. The highest BCUT2D eigenvalue weighted by molar-refractivity contribution is 5.94. The fourth-order valence-corrected chi connectivity index (χ4v) is 4.40. The minimum Gasteiger partial charge on any atom is -0.490 e. The monoisotopic (exact) mass is 397 g/mol. The predicted molar refractivity (Wildman–Crippen MR) is 107 cm³/mol. The zero-order valence-corrected chi connectivity index (χ0v) is 16.7. The number of aromatic carboxylic acids is 1. The number of amides is 1. The van der Waals surface area contributed by atoms with Crippen LogP contribution < -0.4 is 4.74 Å². The topological polar surface area (TPSA) is 84.7 Å². The van der Waals surface area contributed by atoms with Gasteiger partial charge in [-0.25, -0.2) is 4.79 Å². The van der Waals surface area contributed by atoms with E-state index in [-0.39, 0.29) is 23.6 Å². The lowest BCUT2D eigenvalue weighted by atomic mass is 10.0. The Hall–Kier alpha value is -2.83. The molecule has 2 aromatic rings. The van der Waals surface area contributed by atoms with Gasteiger partial charge in [0.05, 0.1) is 24.0 Å². The number of rotatable bonds is 5. The summed E-state index contributed by atoms with van der Waals surface area (Å²) < 4.78 is 7.83.